The van der Waals surface area contributed by atoms with Crippen molar-refractivity contribution >= 4 is 38.4 Å². The molecule has 1 fully saturated rings. The third-order valence-electron chi connectivity index (χ3n) is 6.89. The van der Waals surface area contributed by atoms with Crippen LogP contribution < -0.4 is 4.72 Å². The largest absolute Gasteiger partial charge is 0.466 e. The Morgan fingerprint density at radius 3 is 2.32 bits per heavy atom. The number of rotatable bonds is 6. The summed E-state index contributed by atoms with van der Waals surface area (Å²) >= 11 is 5.97. The van der Waals surface area contributed by atoms with Crippen LogP contribution in [0.4, 0.5) is 0 Å². The molecule has 178 valence electrons. The topological polar surface area (TPSA) is 75.7 Å². The van der Waals surface area contributed by atoms with Crippen LogP contribution in [-0.2, 0) is 19.6 Å². The number of hydrogen-bond donors (Lipinski definition) is 1. The van der Waals surface area contributed by atoms with Crippen LogP contribution >= 0.6 is 11.6 Å². The summed E-state index contributed by atoms with van der Waals surface area (Å²) in [6.07, 6.45) is 1.39. The molecule has 1 aliphatic heterocycles. The van der Waals surface area contributed by atoms with Crippen LogP contribution in [0.15, 0.2) is 65.6 Å². The Bertz CT molecular complexity index is 1310. The van der Waals surface area contributed by atoms with Crippen molar-refractivity contribution < 1.29 is 17.9 Å². The van der Waals surface area contributed by atoms with Gasteiger partial charge in [-0.05, 0) is 79.0 Å². The van der Waals surface area contributed by atoms with Crippen LogP contribution in [0.2, 0.25) is 5.02 Å². The minimum Gasteiger partial charge on any atom is -0.466 e. The second kappa shape index (κ2) is 9.30. The first-order chi connectivity index (χ1) is 16.4. The van der Waals surface area contributed by atoms with Gasteiger partial charge in [0.2, 0.25) is 10.0 Å². The van der Waals surface area contributed by atoms with Gasteiger partial charge in [0.05, 0.1) is 29.5 Å². The molecule has 0 saturated carbocycles. The first-order valence-electron chi connectivity index (χ1n) is 11.6. The van der Waals surface area contributed by atoms with Crippen molar-refractivity contribution in [3.05, 3.63) is 76.8 Å². The average molecular weight is 499 g/mol. The molecule has 0 radical (unpaired) electrons. The fraction of sp³-hybridized carbons (Fsp3) is 0.346. The highest BCUT2D eigenvalue weighted by atomic mass is 35.5. The van der Waals surface area contributed by atoms with Crippen LogP contribution in [0.3, 0.4) is 0 Å². The molecule has 0 unspecified atom stereocenters. The molecule has 34 heavy (non-hydrogen) atoms. The van der Waals surface area contributed by atoms with E-state index in [1.54, 1.807) is 12.1 Å². The van der Waals surface area contributed by atoms with Gasteiger partial charge in [-0.1, -0.05) is 48.0 Å². The fourth-order valence-electron chi connectivity index (χ4n) is 5.31. The number of piperidine rings is 1. The lowest BCUT2D eigenvalue weighted by atomic mass is 9.93. The van der Waals surface area contributed by atoms with Crippen molar-refractivity contribution in [2.75, 3.05) is 19.7 Å². The Labute approximate surface area is 204 Å². The van der Waals surface area contributed by atoms with E-state index in [9.17, 15) is 13.2 Å². The van der Waals surface area contributed by atoms with Crippen LogP contribution in [-0.4, -0.2) is 39.0 Å². The van der Waals surface area contributed by atoms with E-state index in [2.05, 4.69) is 27.8 Å². The molecule has 8 heteroatoms. The molecule has 3 aromatic rings. The average Bonchev–Trinajstić information content (AvgIpc) is 3.14. The predicted molar refractivity (Wildman–Crippen MR) is 132 cm³/mol. The minimum absolute atomic E-state index is 0.111. The van der Waals surface area contributed by atoms with E-state index in [4.69, 9.17) is 16.3 Å². The Morgan fingerprint density at radius 2 is 1.68 bits per heavy atom. The molecular formula is C26H27ClN2O4S. The van der Waals surface area contributed by atoms with Crippen molar-refractivity contribution in [3.63, 3.8) is 0 Å². The zero-order chi connectivity index (χ0) is 23.9. The molecule has 0 bridgehead atoms. The van der Waals surface area contributed by atoms with Crippen molar-refractivity contribution in [2.24, 2.45) is 5.92 Å². The normalized spacial score (nSPS) is 21.1. The number of nitrogens with one attached hydrogen (secondary N) is 1. The van der Waals surface area contributed by atoms with E-state index in [1.807, 2.05) is 25.1 Å². The van der Waals surface area contributed by atoms with Gasteiger partial charge >= 0.3 is 5.97 Å². The second-order valence-electron chi connectivity index (χ2n) is 8.85. The summed E-state index contributed by atoms with van der Waals surface area (Å²) in [5, 5.41) is 2.68. The van der Waals surface area contributed by atoms with Crippen molar-refractivity contribution in [3.8, 4) is 0 Å². The van der Waals surface area contributed by atoms with E-state index in [0.29, 0.717) is 37.6 Å². The number of likely N-dealkylation sites (tertiary alicyclic amines) is 1. The van der Waals surface area contributed by atoms with E-state index < -0.39 is 16.1 Å². The number of benzene rings is 3. The third-order valence-corrected chi connectivity index (χ3v) is 8.60. The van der Waals surface area contributed by atoms with Crippen LogP contribution in [0.25, 0.3) is 10.8 Å². The lowest BCUT2D eigenvalue weighted by Crippen LogP contribution is -2.43. The highest BCUT2D eigenvalue weighted by Crippen LogP contribution is 2.48. The van der Waals surface area contributed by atoms with Gasteiger partial charge in [0.1, 0.15) is 0 Å². The summed E-state index contributed by atoms with van der Waals surface area (Å²) in [5.74, 6) is -0.251. The van der Waals surface area contributed by atoms with Crippen molar-refractivity contribution in [2.45, 2.75) is 36.7 Å². The maximum atomic E-state index is 13.4. The lowest BCUT2D eigenvalue weighted by molar-refractivity contribution is -0.149. The first-order valence-corrected chi connectivity index (χ1v) is 13.5. The van der Waals surface area contributed by atoms with Gasteiger partial charge in [-0.2, -0.15) is 0 Å². The molecular weight excluding hydrogens is 472 g/mol. The minimum atomic E-state index is -3.79. The SMILES string of the molecule is CCOC(=O)C1CCN([C@H]2c3cccc4cccc(c34)[C@H]2NS(=O)(=O)c2ccc(Cl)cc2)CC1. The van der Waals surface area contributed by atoms with Crippen molar-refractivity contribution in [1.82, 2.24) is 9.62 Å². The molecule has 2 aliphatic rings. The van der Waals surface area contributed by atoms with Gasteiger partial charge in [-0.15, -0.1) is 0 Å². The molecule has 1 heterocycles. The second-order valence-corrected chi connectivity index (χ2v) is 11.0. The zero-order valence-electron chi connectivity index (χ0n) is 18.9. The van der Waals surface area contributed by atoms with Gasteiger partial charge in [0.25, 0.3) is 0 Å². The smallest absolute Gasteiger partial charge is 0.309 e. The molecule has 0 amide bonds. The number of hydrogen-bond acceptors (Lipinski definition) is 5. The summed E-state index contributed by atoms with van der Waals surface area (Å²) in [6.45, 7) is 3.59. The van der Waals surface area contributed by atoms with Crippen LogP contribution in [0.5, 0.6) is 0 Å². The number of ether oxygens (including phenoxy) is 1. The standard InChI is InChI=1S/C26H27ClN2O4S/c1-2-33-26(30)18-13-15-29(16-14-18)25-22-8-4-6-17-5-3-7-21(23(17)22)24(25)28-34(31,32)20-11-9-19(27)10-12-20/h3-12,18,24-25,28H,2,13-16H2,1H3/t24-,25+/m1/s1. The lowest BCUT2D eigenvalue weighted by Gasteiger charge is -2.38. The Kier molecular flexibility index (Phi) is 6.37. The van der Waals surface area contributed by atoms with Gasteiger partial charge in [-0.25, -0.2) is 13.1 Å². The quantitative estimate of drug-likeness (QED) is 0.492. The number of nitrogens with zero attached hydrogens (tertiary/aromatic N) is 1. The monoisotopic (exact) mass is 498 g/mol. The number of esters is 1. The predicted octanol–water partition coefficient (Wildman–Crippen LogP) is 4.84. The van der Waals surface area contributed by atoms with Crippen molar-refractivity contribution in [1.29, 1.82) is 0 Å². The molecule has 1 N–H and O–H groups in total. The third kappa shape index (κ3) is 4.22. The number of sulfonamides is 1. The molecule has 0 aromatic heterocycles. The molecule has 6 nitrogen and oxygen atoms in total. The maximum Gasteiger partial charge on any atom is 0.309 e. The highest BCUT2D eigenvalue weighted by Gasteiger charge is 2.42. The van der Waals surface area contributed by atoms with E-state index in [0.717, 1.165) is 21.9 Å². The summed E-state index contributed by atoms with van der Waals surface area (Å²) in [4.78, 5) is 14.7. The van der Waals surface area contributed by atoms with Gasteiger partial charge < -0.3 is 4.74 Å². The molecule has 5 rings (SSSR count). The Hall–Kier alpha value is -2.45. The highest BCUT2D eigenvalue weighted by molar-refractivity contribution is 7.89. The number of carbonyl (C=O) groups is 1. The Balaban J connectivity index is 1.49. The molecule has 0 spiro atoms. The fourth-order valence-corrected chi connectivity index (χ4v) is 6.66. The van der Waals surface area contributed by atoms with Gasteiger partial charge in [-0.3, -0.25) is 9.69 Å². The zero-order valence-corrected chi connectivity index (χ0v) is 20.5. The molecule has 2 atom stereocenters. The number of halogens is 1. The Morgan fingerprint density at radius 1 is 1.03 bits per heavy atom. The maximum absolute atomic E-state index is 13.4. The van der Waals surface area contributed by atoms with E-state index in [-0.39, 0.29) is 22.8 Å². The summed E-state index contributed by atoms with van der Waals surface area (Å²) < 4.78 is 35.0. The van der Waals surface area contributed by atoms with E-state index >= 15 is 0 Å². The summed E-state index contributed by atoms with van der Waals surface area (Å²) in [7, 11) is -3.79. The summed E-state index contributed by atoms with van der Waals surface area (Å²) in [6, 6.07) is 17.8. The molecule has 1 saturated heterocycles. The first kappa shape index (κ1) is 23.3. The van der Waals surface area contributed by atoms with Crippen LogP contribution in [0.1, 0.15) is 43.0 Å². The number of carbonyl (C=O) groups excluding carboxylic acids is 1. The van der Waals surface area contributed by atoms with Gasteiger partial charge in [0, 0.05) is 5.02 Å². The van der Waals surface area contributed by atoms with E-state index in [1.165, 1.54) is 12.1 Å². The summed E-state index contributed by atoms with van der Waals surface area (Å²) in [5.41, 5.74) is 2.09. The molecule has 1 aliphatic carbocycles. The van der Waals surface area contributed by atoms with Crippen LogP contribution in [0, 0.1) is 5.92 Å². The van der Waals surface area contributed by atoms with Gasteiger partial charge in [0.15, 0.2) is 0 Å². The molecule has 3 aromatic carbocycles.